The maximum absolute atomic E-state index is 12.9. The van der Waals surface area contributed by atoms with Gasteiger partial charge in [0.1, 0.15) is 17.6 Å². The minimum atomic E-state index is -0.411. The van der Waals surface area contributed by atoms with Gasteiger partial charge in [0.2, 0.25) is 0 Å². The van der Waals surface area contributed by atoms with Crippen molar-refractivity contribution in [1.82, 2.24) is 5.32 Å². The third-order valence-electron chi connectivity index (χ3n) is 3.34. The van der Waals surface area contributed by atoms with E-state index in [1.54, 1.807) is 18.4 Å². The molecular weight excluding hydrogens is 295 g/mol. The van der Waals surface area contributed by atoms with E-state index in [-0.39, 0.29) is 5.82 Å². The highest BCUT2D eigenvalue weighted by Crippen LogP contribution is 2.22. The van der Waals surface area contributed by atoms with Crippen molar-refractivity contribution in [2.75, 3.05) is 5.32 Å². The van der Waals surface area contributed by atoms with Crippen LogP contribution in [0.4, 0.5) is 14.9 Å². The van der Waals surface area contributed by atoms with E-state index >= 15 is 0 Å². The monoisotopic (exact) mass is 310 g/mol. The van der Waals surface area contributed by atoms with Crippen LogP contribution in [0.5, 0.6) is 0 Å². The van der Waals surface area contributed by atoms with E-state index in [1.807, 2.05) is 30.3 Å². The fourth-order valence-corrected chi connectivity index (χ4v) is 2.25. The Hall–Kier alpha value is -3.08. The summed E-state index contributed by atoms with van der Waals surface area (Å²) in [7, 11) is 0. The van der Waals surface area contributed by atoms with Crippen LogP contribution < -0.4 is 10.6 Å². The maximum atomic E-state index is 12.9. The smallest absolute Gasteiger partial charge is 0.320 e. The summed E-state index contributed by atoms with van der Waals surface area (Å²) in [5, 5.41) is 5.53. The average molecular weight is 310 g/mol. The van der Waals surface area contributed by atoms with Gasteiger partial charge in [0, 0.05) is 5.69 Å². The molecule has 116 valence electrons. The molecule has 2 amide bonds. The molecule has 1 unspecified atom stereocenters. The first kappa shape index (κ1) is 14.8. The Balaban J connectivity index is 1.76. The molecule has 3 rings (SSSR count). The largest absolute Gasteiger partial charge is 0.467 e. The van der Waals surface area contributed by atoms with E-state index in [9.17, 15) is 9.18 Å². The molecule has 5 heteroatoms. The van der Waals surface area contributed by atoms with Crippen molar-refractivity contribution in [3.05, 3.63) is 90.1 Å². The number of urea groups is 1. The molecule has 0 fully saturated rings. The number of carbonyl (C=O) groups excluding carboxylic acids is 1. The van der Waals surface area contributed by atoms with Crippen LogP contribution in [-0.4, -0.2) is 6.03 Å². The highest BCUT2D eigenvalue weighted by Gasteiger charge is 2.19. The second-order valence-corrected chi connectivity index (χ2v) is 4.96. The maximum Gasteiger partial charge on any atom is 0.320 e. The summed E-state index contributed by atoms with van der Waals surface area (Å²) >= 11 is 0. The lowest BCUT2D eigenvalue weighted by atomic mass is 10.1. The van der Waals surface area contributed by atoms with Crippen molar-refractivity contribution in [3.8, 4) is 0 Å². The third-order valence-corrected chi connectivity index (χ3v) is 3.34. The van der Waals surface area contributed by atoms with Crippen LogP contribution in [-0.2, 0) is 0 Å². The molecule has 1 atom stereocenters. The van der Waals surface area contributed by atoms with E-state index in [1.165, 1.54) is 24.3 Å². The van der Waals surface area contributed by atoms with Crippen LogP contribution in [0, 0.1) is 5.82 Å². The molecule has 0 radical (unpaired) electrons. The van der Waals surface area contributed by atoms with Gasteiger partial charge in [0.05, 0.1) is 6.26 Å². The predicted molar refractivity (Wildman–Crippen MR) is 85.5 cm³/mol. The van der Waals surface area contributed by atoms with Gasteiger partial charge in [-0.15, -0.1) is 0 Å². The van der Waals surface area contributed by atoms with Crippen LogP contribution in [0.1, 0.15) is 17.4 Å². The average Bonchev–Trinajstić information content (AvgIpc) is 3.10. The highest BCUT2D eigenvalue weighted by atomic mass is 19.1. The standard InChI is InChI=1S/C18H15FN2O2/c19-14-8-10-15(11-9-14)20-18(22)21-17(16-7-4-12-23-16)13-5-2-1-3-6-13/h1-12,17H,(H2,20,21,22). The molecule has 0 aliphatic rings. The zero-order valence-electron chi connectivity index (χ0n) is 12.2. The Kier molecular flexibility index (Phi) is 4.38. The number of benzene rings is 2. The summed E-state index contributed by atoms with van der Waals surface area (Å²) in [6, 6.07) is 17.8. The molecule has 0 saturated heterocycles. The number of hydrogen-bond acceptors (Lipinski definition) is 2. The normalized spacial score (nSPS) is 11.7. The van der Waals surface area contributed by atoms with E-state index in [2.05, 4.69) is 10.6 Å². The fraction of sp³-hybridized carbons (Fsp3) is 0.0556. The van der Waals surface area contributed by atoms with E-state index < -0.39 is 12.1 Å². The van der Waals surface area contributed by atoms with Crippen LogP contribution in [0.3, 0.4) is 0 Å². The van der Waals surface area contributed by atoms with Crippen molar-refractivity contribution in [2.45, 2.75) is 6.04 Å². The highest BCUT2D eigenvalue weighted by molar-refractivity contribution is 5.89. The van der Waals surface area contributed by atoms with Gasteiger partial charge in [-0.1, -0.05) is 30.3 Å². The molecule has 0 aliphatic carbocycles. The summed E-state index contributed by atoms with van der Waals surface area (Å²) in [5.74, 6) is 0.277. The van der Waals surface area contributed by atoms with Crippen LogP contribution >= 0.6 is 0 Å². The quantitative estimate of drug-likeness (QED) is 0.753. The van der Waals surface area contributed by atoms with Crippen molar-refractivity contribution >= 4 is 11.7 Å². The zero-order chi connectivity index (χ0) is 16.1. The molecule has 0 aliphatic heterocycles. The molecule has 23 heavy (non-hydrogen) atoms. The first-order valence-electron chi connectivity index (χ1n) is 7.14. The van der Waals surface area contributed by atoms with Gasteiger partial charge in [0.15, 0.2) is 0 Å². The molecule has 1 heterocycles. The minimum Gasteiger partial charge on any atom is -0.467 e. The zero-order valence-corrected chi connectivity index (χ0v) is 12.2. The molecule has 0 spiro atoms. The molecule has 3 aromatic rings. The second kappa shape index (κ2) is 6.79. The number of carbonyl (C=O) groups is 1. The van der Waals surface area contributed by atoms with Gasteiger partial charge >= 0.3 is 6.03 Å². The van der Waals surface area contributed by atoms with E-state index in [0.29, 0.717) is 11.4 Å². The molecule has 0 bridgehead atoms. The van der Waals surface area contributed by atoms with Gasteiger partial charge in [-0.3, -0.25) is 0 Å². The van der Waals surface area contributed by atoms with E-state index in [4.69, 9.17) is 4.42 Å². The second-order valence-electron chi connectivity index (χ2n) is 4.96. The van der Waals surface area contributed by atoms with Crippen LogP contribution in [0.2, 0.25) is 0 Å². The number of hydrogen-bond donors (Lipinski definition) is 2. The summed E-state index contributed by atoms with van der Waals surface area (Å²) in [6.45, 7) is 0. The minimum absolute atomic E-state index is 0.353. The Labute approximate surface area is 132 Å². The summed E-state index contributed by atoms with van der Waals surface area (Å²) < 4.78 is 18.3. The SMILES string of the molecule is O=C(Nc1ccc(F)cc1)NC(c1ccccc1)c1ccco1. The Bertz CT molecular complexity index is 755. The lowest BCUT2D eigenvalue weighted by Gasteiger charge is -2.17. The summed E-state index contributed by atoms with van der Waals surface area (Å²) in [5.41, 5.74) is 1.41. The first-order chi connectivity index (χ1) is 11.2. The van der Waals surface area contributed by atoms with Crippen LogP contribution in [0.25, 0.3) is 0 Å². The van der Waals surface area contributed by atoms with Gasteiger partial charge in [-0.25, -0.2) is 9.18 Å². The third kappa shape index (κ3) is 3.77. The van der Waals surface area contributed by atoms with Gasteiger partial charge in [-0.2, -0.15) is 0 Å². The summed E-state index contributed by atoms with van der Waals surface area (Å²) in [6.07, 6.45) is 1.56. The Morgan fingerprint density at radius 1 is 0.957 bits per heavy atom. The topological polar surface area (TPSA) is 54.3 Å². The van der Waals surface area contributed by atoms with Crippen molar-refractivity contribution < 1.29 is 13.6 Å². The Morgan fingerprint density at radius 2 is 1.70 bits per heavy atom. The molecule has 0 saturated carbocycles. The fourth-order valence-electron chi connectivity index (χ4n) is 2.25. The van der Waals surface area contributed by atoms with Crippen LogP contribution in [0.15, 0.2) is 77.4 Å². The molecule has 1 aromatic heterocycles. The van der Waals surface area contributed by atoms with Crippen molar-refractivity contribution in [3.63, 3.8) is 0 Å². The van der Waals surface area contributed by atoms with Gasteiger partial charge in [-0.05, 0) is 42.0 Å². The van der Waals surface area contributed by atoms with Crippen molar-refractivity contribution in [1.29, 1.82) is 0 Å². The molecular formula is C18H15FN2O2. The van der Waals surface area contributed by atoms with Gasteiger partial charge < -0.3 is 15.1 Å². The number of furan rings is 1. The lowest BCUT2D eigenvalue weighted by molar-refractivity contribution is 0.248. The number of nitrogens with one attached hydrogen (secondary N) is 2. The number of amides is 2. The van der Waals surface area contributed by atoms with E-state index in [0.717, 1.165) is 5.56 Å². The lowest BCUT2D eigenvalue weighted by Crippen LogP contribution is -2.33. The first-order valence-corrected chi connectivity index (χ1v) is 7.14. The molecule has 4 nitrogen and oxygen atoms in total. The number of rotatable bonds is 4. The van der Waals surface area contributed by atoms with Gasteiger partial charge in [0.25, 0.3) is 0 Å². The molecule has 2 aromatic carbocycles. The molecule has 2 N–H and O–H groups in total. The Morgan fingerprint density at radius 3 is 2.35 bits per heavy atom. The predicted octanol–water partition coefficient (Wildman–Crippen LogP) is 4.33. The van der Waals surface area contributed by atoms with Crippen molar-refractivity contribution in [2.24, 2.45) is 0 Å². The summed E-state index contributed by atoms with van der Waals surface area (Å²) in [4.78, 5) is 12.2. The number of halogens is 1. The number of anilines is 1.